The summed E-state index contributed by atoms with van der Waals surface area (Å²) in [7, 11) is 0. The molecule has 5 rings (SSSR count). The van der Waals surface area contributed by atoms with Gasteiger partial charge in [0.05, 0.1) is 18.3 Å². The van der Waals surface area contributed by atoms with E-state index in [4.69, 9.17) is 0 Å². The Bertz CT molecular complexity index is 1260. The number of hydrogen-bond acceptors (Lipinski definition) is 4. The topological polar surface area (TPSA) is 75.4 Å². The van der Waals surface area contributed by atoms with Crippen LogP contribution >= 0.6 is 0 Å². The van der Waals surface area contributed by atoms with Crippen LogP contribution in [0.1, 0.15) is 53.3 Å². The van der Waals surface area contributed by atoms with Crippen LogP contribution in [0.2, 0.25) is 0 Å². The number of amides is 1. The molecule has 164 valence electrons. The Labute approximate surface area is 182 Å². The van der Waals surface area contributed by atoms with E-state index in [1.807, 2.05) is 6.92 Å². The first-order chi connectivity index (χ1) is 15.4. The summed E-state index contributed by atoms with van der Waals surface area (Å²) in [6.07, 6.45) is 2.41. The summed E-state index contributed by atoms with van der Waals surface area (Å²) in [5.74, 6) is -2.43. The first-order valence-corrected chi connectivity index (χ1v) is 10.5. The Morgan fingerprint density at radius 3 is 2.50 bits per heavy atom. The molecule has 2 aliphatic rings. The second kappa shape index (κ2) is 7.55. The number of rotatable bonds is 3. The molecule has 0 bridgehead atoms. The quantitative estimate of drug-likeness (QED) is 0.679. The zero-order valence-electron chi connectivity index (χ0n) is 17.3. The van der Waals surface area contributed by atoms with Crippen LogP contribution < -0.4 is 5.43 Å². The van der Waals surface area contributed by atoms with Crippen LogP contribution in [0.25, 0.3) is 0 Å². The van der Waals surface area contributed by atoms with Gasteiger partial charge in [-0.2, -0.15) is 5.10 Å². The van der Waals surface area contributed by atoms with Crippen molar-refractivity contribution in [1.82, 2.24) is 14.7 Å². The first-order valence-electron chi connectivity index (χ1n) is 10.5. The normalized spacial score (nSPS) is 23.0. The SMILES string of the molecule is C[C@H]1CC[C@@H]2[C@H]([C@@H](c3ccc(F)cc3)c3cccc(F)c3)n3ncc(=O)c(O)c3C(=O)N21. The summed E-state index contributed by atoms with van der Waals surface area (Å²) in [6, 6.07) is 11.1. The molecule has 0 saturated carbocycles. The third kappa shape index (κ3) is 3.09. The van der Waals surface area contributed by atoms with Crippen LogP contribution in [0.3, 0.4) is 0 Å². The number of halogens is 2. The lowest BCUT2D eigenvalue weighted by Gasteiger charge is -2.43. The zero-order valence-corrected chi connectivity index (χ0v) is 17.3. The second-order valence-corrected chi connectivity index (χ2v) is 8.43. The lowest BCUT2D eigenvalue weighted by atomic mass is 9.80. The molecule has 1 N–H and O–H groups in total. The Balaban J connectivity index is 1.79. The van der Waals surface area contributed by atoms with Crippen LogP contribution in [-0.4, -0.2) is 37.8 Å². The van der Waals surface area contributed by atoms with Gasteiger partial charge < -0.3 is 10.0 Å². The van der Waals surface area contributed by atoms with Crippen molar-refractivity contribution in [3.05, 3.63) is 93.4 Å². The molecule has 3 heterocycles. The zero-order chi connectivity index (χ0) is 22.6. The molecule has 0 radical (unpaired) electrons. The molecule has 0 unspecified atom stereocenters. The maximum Gasteiger partial charge on any atom is 0.276 e. The highest BCUT2D eigenvalue weighted by molar-refractivity contribution is 5.96. The third-order valence-electron chi connectivity index (χ3n) is 6.59. The van der Waals surface area contributed by atoms with E-state index < -0.39 is 40.7 Å². The molecule has 8 heteroatoms. The standard InChI is InChI=1S/C24H21F2N3O3/c1-13-5-10-18-21(29-22(24(32)28(13)18)23(31)19(30)12-27-29)20(14-6-8-16(25)9-7-14)15-3-2-4-17(26)11-15/h2-4,6-9,11-13,18,20-21,31H,5,10H2,1H3/t13-,18+,20-,21+/m0/s1. The highest BCUT2D eigenvalue weighted by Crippen LogP contribution is 2.47. The van der Waals surface area contributed by atoms with Crippen LogP contribution in [0.4, 0.5) is 8.78 Å². The van der Waals surface area contributed by atoms with E-state index in [-0.39, 0.29) is 17.8 Å². The number of carbonyl (C=O) groups is 1. The van der Waals surface area contributed by atoms with Crippen molar-refractivity contribution in [2.45, 2.75) is 43.8 Å². The molecule has 2 aromatic carbocycles. The first kappa shape index (κ1) is 20.4. The van der Waals surface area contributed by atoms with Crippen molar-refractivity contribution < 1.29 is 18.7 Å². The van der Waals surface area contributed by atoms with Crippen LogP contribution in [0.5, 0.6) is 5.75 Å². The molecule has 1 saturated heterocycles. The molecule has 3 aromatic rings. The minimum absolute atomic E-state index is 0.0974. The number of aromatic hydroxyl groups is 1. The average Bonchev–Trinajstić information content (AvgIpc) is 3.16. The number of benzene rings is 2. The number of carbonyl (C=O) groups excluding carboxylic acids is 1. The number of hydrogen-bond donors (Lipinski definition) is 1. The Morgan fingerprint density at radius 1 is 1.03 bits per heavy atom. The van der Waals surface area contributed by atoms with Crippen molar-refractivity contribution in [3.63, 3.8) is 0 Å². The molecular formula is C24H21F2N3O3. The smallest absolute Gasteiger partial charge is 0.276 e. The largest absolute Gasteiger partial charge is 0.502 e. The van der Waals surface area contributed by atoms with Gasteiger partial charge in [0.15, 0.2) is 11.4 Å². The van der Waals surface area contributed by atoms with E-state index in [0.29, 0.717) is 17.5 Å². The van der Waals surface area contributed by atoms with Crippen LogP contribution in [0.15, 0.2) is 59.5 Å². The summed E-state index contributed by atoms with van der Waals surface area (Å²) in [6.45, 7) is 1.92. The van der Waals surface area contributed by atoms with Crippen molar-refractivity contribution in [2.75, 3.05) is 0 Å². The fourth-order valence-corrected chi connectivity index (χ4v) is 5.19. The predicted molar refractivity (Wildman–Crippen MR) is 112 cm³/mol. The second-order valence-electron chi connectivity index (χ2n) is 8.43. The Kier molecular flexibility index (Phi) is 4.80. The minimum atomic E-state index is -0.738. The minimum Gasteiger partial charge on any atom is -0.502 e. The number of nitrogens with zero attached hydrogens (tertiary/aromatic N) is 3. The van der Waals surface area contributed by atoms with E-state index in [0.717, 1.165) is 12.6 Å². The van der Waals surface area contributed by atoms with Crippen LogP contribution in [-0.2, 0) is 0 Å². The summed E-state index contributed by atoms with van der Waals surface area (Å²) in [5.41, 5.74) is 0.428. The number of fused-ring (bicyclic) bond motifs is 2. The summed E-state index contributed by atoms with van der Waals surface area (Å²) in [5, 5.41) is 14.7. The van der Waals surface area contributed by atoms with Crippen molar-refractivity contribution in [3.8, 4) is 5.75 Å². The Morgan fingerprint density at radius 2 is 1.78 bits per heavy atom. The summed E-state index contributed by atoms with van der Waals surface area (Å²) in [4.78, 5) is 27.1. The van der Waals surface area contributed by atoms with E-state index in [1.165, 1.54) is 28.9 Å². The molecule has 2 aliphatic heterocycles. The molecular weight excluding hydrogens is 416 g/mol. The van der Waals surface area contributed by atoms with E-state index >= 15 is 0 Å². The lowest BCUT2D eigenvalue weighted by molar-refractivity contribution is 0.0491. The van der Waals surface area contributed by atoms with Crippen molar-refractivity contribution in [1.29, 1.82) is 0 Å². The molecule has 4 atom stereocenters. The van der Waals surface area contributed by atoms with Gasteiger partial charge in [0.2, 0.25) is 5.43 Å². The van der Waals surface area contributed by atoms with Gasteiger partial charge in [-0.1, -0.05) is 24.3 Å². The van der Waals surface area contributed by atoms with E-state index in [2.05, 4.69) is 5.10 Å². The van der Waals surface area contributed by atoms with E-state index in [9.17, 15) is 23.5 Å². The molecule has 0 spiro atoms. The highest BCUT2D eigenvalue weighted by Gasteiger charge is 2.50. The lowest BCUT2D eigenvalue weighted by Crippen LogP contribution is -2.52. The predicted octanol–water partition coefficient (Wildman–Crippen LogP) is 3.61. The fraction of sp³-hybridized carbons (Fsp3) is 0.292. The molecule has 1 fully saturated rings. The fourth-order valence-electron chi connectivity index (χ4n) is 5.19. The molecule has 32 heavy (non-hydrogen) atoms. The molecule has 6 nitrogen and oxygen atoms in total. The van der Waals surface area contributed by atoms with Crippen LogP contribution in [0, 0.1) is 11.6 Å². The molecule has 1 amide bonds. The molecule has 0 aliphatic carbocycles. The summed E-state index contributed by atoms with van der Waals surface area (Å²) >= 11 is 0. The van der Waals surface area contributed by atoms with Crippen molar-refractivity contribution >= 4 is 5.91 Å². The number of aromatic nitrogens is 2. The molecule has 1 aromatic heterocycles. The maximum absolute atomic E-state index is 14.3. The maximum atomic E-state index is 14.3. The van der Waals surface area contributed by atoms with Gasteiger partial charge in [0.25, 0.3) is 5.91 Å². The van der Waals surface area contributed by atoms with Crippen molar-refractivity contribution in [2.24, 2.45) is 0 Å². The van der Waals surface area contributed by atoms with Gasteiger partial charge in [-0.05, 0) is 55.2 Å². The van der Waals surface area contributed by atoms with Gasteiger partial charge in [-0.15, -0.1) is 0 Å². The van der Waals surface area contributed by atoms with Gasteiger partial charge in [0.1, 0.15) is 11.6 Å². The van der Waals surface area contributed by atoms with Gasteiger partial charge >= 0.3 is 0 Å². The van der Waals surface area contributed by atoms with Gasteiger partial charge in [0, 0.05) is 12.0 Å². The average molecular weight is 437 g/mol. The monoisotopic (exact) mass is 437 g/mol. The summed E-state index contributed by atoms with van der Waals surface area (Å²) < 4.78 is 29.4. The van der Waals surface area contributed by atoms with Gasteiger partial charge in [-0.25, -0.2) is 8.78 Å². The highest BCUT2D eigenvalue weighted by atomic mass is 19.1. The Hall–Kier alpha value is -3.55. The van der Waals surface area contributed by atoms with E-state index in [1.54, 1.807) is 29.2 Å². The third-order valence-corrected chi connectivity index (χ3v) is 6.59. The van der Waals surface area contributed by atoms with Gasteiger partial charge in [-0.3, -0.25) is 14.3 Å².